The molecule has 2 rings (SSSR count). The number of rotatable bonds is 4. The summed E-state index contributed by atoms with van der Waals surface area (Å²) in [5.74, 6) is 6.58. The normalized spacial score (nSPS) is 42.5. The van der Waals surface area contributed by atoms with Gasteiger partial charge in [-0.1, -0.05) is 52.5 Å². The van der Waals surface area contributed by atoms with E-state index in [1.807, 2.05) is 0 Å². The Bertz CT molecular complexity index is 342. The van der Waals surface area contributed by atoms with Gasteiger partial charge >= 0.3 is 0 Å². The maximum absolute atomic E-state index is 4.15. The second-order valence-corrected chi connectivity index (χ2v) is 8.82. The molecule has 2 aliphatic rings. The monoisotopic (exact) mass is 290 g/mol. The van der Waals surface area contributed by atoms with Crippen molar-refractivity contribution in [3.8, 4) is 0 Å². The summed E-state index contributed by atoms with van der Waals surface area (Å²) in [7, 11) is 0. The Morgan fingerprint density at radius 1 is 0.952 bits per heavy atom. The van der Waals surface area contributed by atoms with Crippen LogP contribution in [0.1, 0.15) is 79.6 Å². The van der Waals surface area contributed by atoms with Gasteiger partial charge in [0, 0.05) is 0 Å². The molecule has 2 fully saturated rings. The van der Waals surface area contributed by atoms with E-state index in [0.717, 1.165) is 41.4 Å². The van der Waals surface area contributed by atoms with Crippen LogP contribution in [0.3, 0.4) is 0 Å². The highest BCUT2D eigenvalue weighted by Gasteiger charge is 2.40. The highest BCUT2D eigenvalue weighted by atomic mass is 14.5. The highest BCUT2D eigenvalue weighted by Crippen LogP contribution is 2.49. The molecular formula is C21H38. The Labute approximate surface area is 133 Å². The van der Waals surface area contributed by atoms with Crippen molar-refractivity contribution >= 4 is 0 Å². The average Bonchev–Trinajstić information content (AvgIpc) is 2.39. The first-order chi connectivity index (χ1) is 9.90. The molecule has 21 heavy (non-hydrogen) atoms. The lowest BCUT2D eigenvalue weighted by molar-refractivity contribution is 0.0273. The van der Waals surface area contributed by atoms with E-state index in [2.05, 4.69) is 41.2 Å². The van der Waals surface area contributed by atoms with Crippen LogP contribution < -0.4 is 0 Å². The number of allylic oxidation sites excluding steroid dienone is 1. The van der Waals surface area contributed by atoms with Crippen LogP contribution in [0.15, 0.2) is 12.2 Å². The molecule has 0 amide bonds. The van der Waals surface area contributed by atoms with E-state index in [-0.39, 0.29) is 0 Å². The van der Waals surface area contributed by atoms with Gasteiger partial charge in [0.2, 0.25) is 0 Å². The van der Waals surface area contributed by atoms with Crippen molar-refractivity contribution < 1.29 is 0 Å². The van der Waals surface area contributed by atoms with Crippen LogP contribution in [0.5, 0.6) is 0 Å². The summed E-state index contributed by atoms with van der Waals surface area (Å²) in [6.07, 6.45) is 10.1. The molecule has 0 spiro atoms. The zero-order valence-electron chi connectivity index (χ0n) is 15.2. The third-order valence-corrected chi connectivity index (χ3v) is 6.88. The van der Waals surface area contributed by atoms with Crippen LogP contribution in [-0.4, -0.2) is 0 Å². The summed E-state index contributed by atoms with van der Waals surface area (Å²) < 4.78 is 0. The van der Waals surface area contributed by atoms with Crippen LogP contribution in [0, 0.1) is 41.4 Å². The summed E-state index contributed by atoms with van der Waals surface area (Å²) in [6.45, 7) is 16.4. The van der Waals surface area contributed by atoms with Gasteiger partial charge in [-0.3, -0.25) is 0 Å². The third-order valence-electron chi connectivity index (χ3n) is 6.88. The first-order valence-corrected chi connectivity index (χ1v) is 9.54. The van der Waals surface area contributed by atoms with Crippen molar-refractivity contribution in [3.63, 3.8) is 0 Å². The fraction of sp³-hybridized carbons (Fsp3) is 0.905. The van der Waals surface area contributed by atoms with Gasteiger partial charge in [0.15, 0.2) is 0 Å². The van der Waals surface area contributed by atoms with E-state index >= 15 is 0 Å². The first kappa shape index (κ1) is 17.1. The van der Waals surface area contributed by atoms with Gasteiger partial charge in [0.25, 0.3) is 0 Å². The molecule has 2 aliphatic carbocycles. The Morgan fingerprint density at radius 3 is 2.24 bits per heavy atom. The third kappa shape index (κ3) is 4.14. The minimum Gasteiger partial charge on any atom is -0.100 e. The fourth-order valence-corrected chi connectivity index (χ4v) is 5.79. The molecule has 2 saturated carbocycles. The van der Waals surface area contributed by atoms with Gasteiger partial charge in [-0.25, -0.2) is 0 Å². The molecule has 7 atom stereocenters. The summed E-state index contributed by atoms with van der Waals surface area (Å²) in [6, 6.07) is 0. The van der Waals surface area contributed by atoms with E-state index in [4.69, 9.17) is 0 Å². The van der Waals surface area contributed by atoms with Gasteiger partial charge < -0.3 is 0 Å². The maximum Gasteiger partial charge on any atom is -0.0297 e. The van der Waals surface area contributed by atoms with Gasteiger partial charge in [-0.2, -0.15) is 0 Å². The average molecular weight is 291 g/mol. The van der Waals surface area contributed by atoms with Crippen LogP contribution in [-0.2, 0) is 0 Å². The van der Waals surface area contributed by atoms with E-state index in [1.165, 1.54) is 50.5 Å². The van der Waals surface area contributed by atoms with E-state index in [1.54, 1.807) is 0 Å². The lowest BCUT2D eigenvalue weighted by Gasteiger charge is -2.47. The predicted octanol–water partition coefficient (Wildman–Crippen LogP) is 6.71. The largest absolute Gasteiger partial charge is 0.100 e. The lowest BCUT2D eigenvalue weighted by Crippen LogP contribution is -2.39. The zero-order chi connectivity index (χ0) is 15.6. The van der Waals surface area contributed by atoms with Crippen LogP contribution in [0.25, 0.3) is 0 Å². The van der Waals surface area contributed by atoms with E-state index < -0.39 is 0 Å². The first-order valence-electron chi connectivity index (χ1n) is 9.54. The second-order valence-electron chi connectivity index (χ2n) is 8.82. The molecule has 0 nitrogen and oxygen atoms in total. The van der Waals surface area contributed by atoms with Gasteiger partial charge in [-0.15, -0.1) is 6.58 Å². The molecule has 0 aromatic heterocycles. The van der Waals surface area contributed by atoms with Crippen LogP contribution >= 0.6 is 0 Å². The summed E-state index contributed by atoms with van der Waals surface area (Å²) in [5.41, 5.74) is 1.37. The lowest BCUT2D eigenvalue weighted by atomic mass is 9.58. The van der Waals surface area contributed by atoms with Crippen LogP contribution in [0.4, 0.5) is 0 Å². The predicted molar refractivity (Wildman–Crippen MR) is 94.3 cm³/mol. The Hall–Kier alpha value is -0.260. The molecular weight excluding hydrogens is 252 g/mol. The quantitative estimate of drug-likeness (QED) is 0.504. The molecule has 0 saturated heterocycles. The van der Waals surface area contributed by atoms with Gasteiger partial charge in [0.1, 0.15) is 0 Å². The Morgan fingerprint density at radius 2 is 1.62 bits per heavy atom. The van der Waals surface area contributed by atoms with Crippen LogP contribution in [0.2, 0.25) is 0 Å². The molecule has 0 radical (unpaired) electrons. The molecule has 0 aromatic rings. The number of hydrogen-bond acceptors (Lipinski definition) is 0. The molecule has 0 bridgehead atoms. The fourth-order valence-electron chi connectivity index (χ4n) is 5.79. The molecule has 0 aromatic carbocycles. The second kappa shape index (κ2) is 7.34. The maximum atomic E-state index is 4.15. The standard InChI is InChI=1S/C21H38/c1-14(2)11-16(4)20-13-21(18(6)12-17(20)5)19-10-8-7-9-15(19)3/h15-21H,1,7-13H2,2-6H3. The SMILES string of the molecule is C=C(C)CC(C)C1CC(C2CCCCC2C)C(C)CC1C. The smallest absolute Gasteiger partial charge is 0.0297 e. The van der Waals surface area contributed by atoms with Crippen molar-refractivity contribution in [1.29, 1.82) is 0 Å². The molecule has 0 aliphatic heterocycles. The molecule has 0 N–H and O–H groups in total. The molecule has 0 heterocycles. The Balaban J connectivity index is 2.06. The van der Waals surface area contributed by atoms with Crippen molar-refractivity contribution in [1.82, 2.24) is 0 Å². The Kier molecular flexibility index (Phi) is 5.97. The summed E-state index contributed by atoms with van der Waals surface area (Å²) in [5, 5.41) is 0. The van der Waals surface area contributed by atoms with Gasteiger partial charge in [0.05, 0.1) is 0 Å². The van der Waals surface area contributed by atoms with E-state index in [9.17, 15) is 0 Å². The van der Waals surface area contributed by atoms with E-state index in [0.29, 0.717) is 0 Å². The molecule has 7 unspecified atom stereocenters. The van der Waals surface area contributed by atoms with Crippen molar-refractivity contribution in [3.05, 3.63) is 12.2 Å². The molecule has 0 heteroatoms. The van der Waals surface area contributed by atoms with Crippen molar-refractivity contribution in [2.45, 2.75) is 79.6 Å². The summed E-state index contributed by atoms with van der Waals surface area (Å²) in [4.78, 5) is 0. The molecule has 122 valence electrons. The minimum atomic E-state index is 0.825. The minimum absolute atomic E-state index is 0.825. The highest BCUT2D eigenvalue weighted by molar-refractivity contribution is 4.95. The topological polar surface area (TPSA) is 0 Å². The van der Waals surface area contributed by atoms with Crippen molar-refractivity contribution in [2.24, 2.45) is 41.4 Å². The van der Waals surface area contributed by atoms with Crippen molar-refractivity contribution in [2.75, 3.05) is 0 Å². The number of hydrogen-bond donors (Lipinski definition) is 0. The zero-order valence-corrected chi connectivity index (χ0v) is 15.2. The summed E-state index contributed by atoms with van der Waals surface area (Å²) >= 11 is 0. The van der Waals surface area contributed by atoms with Gasteiger partial charge in [-0.05, 0) is 74.0 Å².